The molecule has 1 aliphatic rings. The number of amides is 1. The lowest BCUT2D eigenvalue weighted by Crippen LogP contribution is -2.50. The number of hydrogen-bond acceptors (Lipinski definition) is 3. The van der Waals surface area contributed by atoms with Gasteiger partial charge in [0, 0.05) is 11.6 Å². The summed E-state index contributed by atoms with van der Waals surface area (Å²) in [5, 5.41) is 3.18. The molecule has 2 aromatic rings. The molecule has 1 saturated carbocycles. The van der Waals surface area contributed by atoms with Gasteiger partial charge < -0.3 is 14.8 Å². The van der Waals surface area contributed by atoms with E-state index in [9.17, 15) is 4.79 Å². The van der Waals surface area contributed by atoms with Gasteiger partial charge in [0.15, 0.2) is 0 Å². The third-order valence-corrected chi connectivity index (χ3v) is 4.75. The molecule has 0 saturated heterocycles. The van der Waals surface area contributed by atoms with Crippen molar-refractivity contribution in [3.05, 3.63) is 65.7 Å². The number of rotatable bonds is 6. The normalized spacial score (nSPS) is 15.4. The van der Waals surface area contributed by atoms with Crippen LogP contribution in [0.2, 0.25) is 0 Å². The molecule has 0 radical (unpaired) electrons. The Kier molecular flexibility index (Phi) is 5.08. The van der Waals surface area contributed by atoms with Crippen molar-refractivity contribution in [1.29, 1.82) is 0 Å². The van der Waals surface area contributed by atoms with E-state index < -0.39 is 0 Å². The van der Waals surface area contributed by atoms with E-state index in [2.05, 4.69) is 17.4 Å². The largest absolute Gasteiger partial charge is 0.497 e. The number of ether oxygens (including phenoxy) is 2. The van der Waals surface area contributed by atoms with E-state index in [1.165, 1.54) is 5.56 Å². The lowest BCUT2D eigenvalue weighted by Gasteiger charge is -2.42. The summed E-state index contributed by atoms with van der Waals surface area (Å²) in [5.74, 6) is 1.32. The third-order valence-electron chi connectivity index (χ3n) is 4.75. The van der Waals surface area contributed by atoms with Gasteiger partial charge in [0.25, 0.3) is 0 Å². The summed E-state index contributed by atoms with van der Waals surface area (Å²) in [6, 6.07) is 15.7. The number of benzene rings is 2. The first-order valence-corrected chi connectivity index (χ1v) is 8.45. The molecule has 0 aliphatic heterocycles. The molecule has 0 bridgehead atoms. The van der Waals surface area contributed by atoms with Gasteiger partial charge in [-0.1, -0.05) is 30.3 Å². The molecule has 0 unspecified atom stereocenters. The molecule has 25 heavy (non-hydrogen) atoms. The highest BCUT2D eigenvalue weighted by Crippen LogP contribution is 2.41. The van der Waals surface area contributed by atoms with Gasteiger partial charge in [-0.2, -0.15) is 0 Å². The van der Waals surface area contributed by atoms with Crippen molar-refractivity contribution in [2.75, 3.05) is 14.2 Å². The fourth-order valence-electron chi connectivity index (χ4n) is 3.19. The lowest BCUT2D eigenvalue weighted by atomic mass is 9.72. The number of nitrogens with one attached hydrogen (secondary N) is 1. The van der Waals surface area contributed by atoms with Crippen LogP contribution in [0, 0.1) is 0 Å². The molecule has 4 heteroatoms. The molecule has 0 heterocycles. The van der Waals surface area contributed by atoms with Crippen LogP contribution < -0.4 is 14.8 Å². The minimum Gasteiger partial charge on any atom is -0.497 e. The zero-order chi connectivity index (χ0) is 17.7. The zero-order valence-corrected chi connectivity index (χ0v) is 14.6. The van der Waals surface area contributed by atoms with Crippen molar-refractivity contribution in [2.24, 2.45) is 0 Å². The van der Waals surface area contributed by atoms with Gasteiger partial charge in [-0.15, -0.1) is 0 Å². The molecular weight excluding hydrogens is 314 g/mol. The molecule has 130 valence electrons. The summed E-state index contributed by atoms with van der Waals surface area (Å²) in [6.07, 6.45) is 6.38. The zero-order valence-electron chi connectivity index (χ0n) is 14.6. The highest BCUT2D eigenvalue weighted by molar-refractivity contribution is 5.92. The van der Waals surface area contributed by atoms with Gasteiger partial charge in [-0.25, -0.2) is 0 Å². The predicted octanol–water partition coefficient (Wildman–Crippen LogP) is 3.91. The van der Waals surface area contributed by atoms with Gasteiger partial charge in [0.2, 0.25) is 5.91 Å². The fourth-order valence-corrected chi connectivity index (χ4v) is 3.19. The Morgan fingerprint density at radius 1 is 1.08 bits per heavy atom. The Balaban J connectivity index is 1.75. The number of hydrogen-bond donors (Lipinski definition) is 1. The topological polar surface area (TPSA) is 47.6 Å². The Hall–Kier alpha value is -2.75. The SMILES string of the molecule is COc1ccc(OC)c(/C=C/C(=O)NC2(c3ccccc3)CCC2)c1. The summed E-state index contributed by atoms with van der Waals surface area (Å²) >= 11 is 0. The van der Waals surface area contributed by atoms with Gasteiger partial charge in [-0.3, -0.25) is 4.79 Å². The Morgan fingerprint density at radius 2 is 1.84 bits per heavy atom. The van der Waals surface area contributed by atoms with Crippen LogP contribution in [-0.4, -0.2) is 20.1 Å². The van der Waals surface area contributed by atoms with Crippen LogP contribution in [0.15, 0.2) is 54.6 Å². The van der Waals surface area contributed by atoms with Gasteiger partial charge in [0.1, 0.15) is 11.5 Å². The van der Waals surface area contributed by atoms with Crippen LogP contribution in [-0.2, 0) is 10.3 Å². The second-order valence-corrected chi connectivity index (χ2v) is 6.23. The quantitative estimate of drug-likeness (QED) is 0.813. The van der Waals surface area contributed by atoms with Crippen molar-refractivity contribution in [2.45, 2.75) is 24.8 Å². The maximum absolute atomic E-state index is 12.5. The maximum atomic E-state index is 12.5. The number of carbonyl (C=O) groups excluding carboxylic acids is 1. The average molecular weight is 337 g/mol. The second kappa shape index (κ2) is 7.43. The van der Waals surface area contributed by atoms with Crippen molar-refractivity contribution < 1.29 is 14.3 Å². The third kappa shape index (κ3) is 3.68. The lowest BCUT2D eigenvalue weighted by molar-refractivity contribution is -0.119. The summed E-state index contributed by atoms with van der Waals surface area (Å²) < 4.78 is 10.6. The van der Waals surface area contributed by atoms with Crippen LogP contribution in [0.4, 0.5) is 0 Å². The second-order valence-electron chi connectivity index (χ2n) is 6.23. The molecule has 3 rings (SSSR count). The molecule has 1 N–H and O–H groups in total. The summed E-state index contributed by atoms with van der Waals surface area (Å²) in [5.41, 5.74) is 1.74. The summed E-state index contributed by atoms with van der Waals surface area (Å²) in [6.45, 7) is 0. The minimum atomic E-state index is -0.235. The van der Waals surface area contributed by atoms with Crippen molar-refractivity contribution >= 4 is 12.0 Å². The predicted molar refractivity (Wildman–Crippen MR) is 98.7 cm³/mol. The van der Waals surface area contributed by atoms with E-state index in [4.69, 9.17) is 9.47 Å². The van der Waals surface area contributed by atoms with E-state index in [0.717, 1.165) is 30.6 Å². The highest BCUT2D eigenvalue weighted by Gasteiger charge is 2.39. The maximum Gasteiger partial charge on any atom is 0.244 e. The minimum absolute atomic E-state index is 0.103. The van der Waals surface area contributed by atoms with Gasteiger partial charge >= 0.3 is 0 Å². The van der Waals surface area contributed by atoms with E-state index in [-0.39, 0.29) is 11.4 Å². The monoisotopic (exact) mass is 337 g/mol. The van der Waals surface area contributed by atoms with Crippen LogP contribution >= 0.6 is 0 Å². The molecule has 1 amide bonds. The molecule has 0 aromatic heterocycles. The van der Waals surface area contributed by atoms with E-state index in [0.29, 0.717) is 5.75 Å². The van der Waals surface area contributed by atoms with Crippen molar-refractivity contribution in [1.82, 2.24) is 5.32 Å². The van der Waals surface area contributed by atoms with E-state index >= 15 is 0 Å². The fraction of sp³-hybridized carbons (Fsp3) is 0.286. The summed E-state index contributed by atoms with van der Waals surface area (Å²) in [4.78, 5) is 12.5. The standard InChI is InChI=1S/C21H23NO3/c1-24-18-10-11-19(25-2)16(15-18)9-12-20(23)22-21(13-6-14-21)17-7-4-3-5-8-17/h3-5,7-12,15H,6,13-14H2,1-2H3,(H,22,23)/b12-9+. The first kappa shape index (κ1) is 17.1. The Labute approximate surface area is 148 Å². The highest BCUT2D eigenvalue weighted by atomic mass is 16.5. The van der Waals surface area contributed by atoms with Crippen molar-refractivity contribution in [3.63, 3.8) is 0 Å². The molecule has 0 atom stereocenters. The van der Waals surface area contributed by atoms with Crippen LogP contribution in [0.3, 0.4) is 0 Å². The molecular formula is C21H23NO3. The van der Waals surface area contributed by atoms with Crippen LogP contribution in [0.25, 0.3) is 6.08 Å². The molecule has 1 fully saturated rings. The van der Waals surface area contributed by atoms with E-state index in [1.54, 1.807) is 26.4 Å². The average Bonchev–Trinajstić information content (AvgIpc) is 2.63. The van der Waals surface area contributed by atoms with E-state index in [1.807, 2.05) is 36.4 Å². The number of carbonyl (C=O) groups is 1. The molecule has 2 aromatic carbocycles. The Bertz CT molecular complexity index is 764. The molecule has 0 spiro atoms. The van der Waals surface area contributed by atoms with Crippen LogP contribution in [0.5, 0.6) is 11.5 Å². The van der Waals surface area contributed by atoms with Crippen LogP contribution in [0.1, 0.15) is 30.4 Å². The first-order chi connectivity index (χ1) is 12.2. The Morgan fingerprint density at radius 3 is 2.44 bits per heavy atom. The first-order valence-electron chi connectivity index (χ1n) is 8.45. The van der Waals surface area contributed by atoms with Crippen molar-refractivity contribution in [3.8, 4) is 11.5 Å². The number of methoxy groups -OCH3 is 2. The molecule has 1 aliphatic carbocycles. The smallest absolute Gasteiger partial charge is 0.244 e. The summed E-state index contributed by atoms with van der Waals surface area (Å²) in [7, 11) is 3.22. The molecule has 4 nitrogen and oxygen atoms in total. The van der Waals surface area contributed by atoms with Gasteiger partial charge in [0.05, 0.1) is 19.8 Å². The van der Waals surface area contributed by atoms with Gasteiger partial charge in [-0.05, 0) is 49.1 Å².